The van der Waals surface area contributed by atoms with E-state index in [-0.39, 0.29) is 24.1 Å². The minimum absolute atomic E-state index is 0.109. The standard InChI is InChI=1S/C21H28N4O3/c1-22-11-16-4-2-3-9-24(16)12-14-5-6-17-15(10-14)13-25(21(17)28)18-7-8-19(26)23-20(18)27/h5-6,10,16,18,22H,2-4,7-9,11-13H2,1H3,(H,23,26,27)/t16-,18?/m1/s1. The summed E-state index contributed by atoms with van der Waals surface area (Å²) in [6, 6.07) is 6.05. The zero-order chi connectivity index (χ0) is 19.7. The number of fused-ring (bicyclic) bond motifs is 1. The molecule has 0 bridgehead atoms. The van der Waals surface area contributed by atoms with E-state index in [1.54, 1.807) is 4.90 Å². The molecule has 4 rings (SSSR count). The Bertz CT molecular complexity index is 792. The molecule has 1 unspecified atom stereocenters. The average Bonchev–Trinajstić information content (AvgIpc) is 2.99. The molecule has 0 radical (unpaired) electrons. The third-order valence-electron chi connectivity index (χ3n) is 6.16. The molecule has 2 saturated heterocycles. The Kier molecular flexibility index (Phi) is 5.46. The van der Waals surface area contributed by atoms with E-state index in [9.17, 15) is 14.4 Å². The largest absolute Gasteiger partial charge is 0.322 e. The predicted octanol–water partition coefficient (Wildman–Crippen LogP) is 1.02. The van der Waals surface area contributed by atoms with Gasteiger partial charge in [-0.3, -0.25) is 24.6 Å². The van der Waals surface area contributed by atoms with E-state index in [2.05, 4.69) is 21.6 Å². The molecule has 1 aromatic rings. The van der Waals surface area contributed by atoms with Gasteiger partial charge in [0, 0.05) is 37.7 Å². The van der Waals surface area contributed by atoms with Crippen LogP contribution in [0.15, 0.2) is 18.2 Å². The number of rotatable bonds is 5. The maximum Gasteiger partial charge on any atom is 0.255 e. The molecule has 3 amide bonds. The molecule has 2 fully saturated rings. The lowest BCUT2D eigenvalue weighted by atomic mass is 10.00. The van der Waals surface area contributed by atoms with Crippen LogP contribution in [0.3, 0.4) is 0 Å². The number of nitrogens with one attached hydrogen (secondary N) is 2. The zero-order valence-electron chi connectivity index (χ0n) is 16.4. The summed E-state index contributed by atoms with van der Waals surface area (Å²) in [5, 5.41) is 5.65. The summed E-state index contributed by atoms with van der Waals surface area (Å²) in [7, 11) is 2.00. The monoisotopic (exact) mass is 384 g/mol. The van der Waals surface area contributed by atoms with Crippen LogP contribution in [0.25, 0.3) is 0 Å². The van der Waals surface area contributed by atoms with E-state index < -0.39 is 6.04 Å². The van der Waals surface area contributed by atoms with Crippen molar-refractivity contribution in [3.8, 4) is 0 Å². The lowest BCUT2D eigenvalue weighted by Gasteiger charge is -2.35. The second-order valence-electron chi connectivity index (χ2n) is 8.07. The second kappa shape index (κ2) is 8.01. The van der Waals surface area contributed by atoms with E-state index in [1.807, 2.05) is 19.2 Å². The van der Waals surface area contributed by atoms with Gasteiger partial charge in [0.2, 0.25) is 11.8 Å². The number of carbonyl (C=O) groups excluding carboxylic acids is 3. The van der Waals surface area contributed by atoms with Crippen LogP contribution in [-0.4, -0.2) is 59.7 Å². The molecular weight excluding hydrogens is 356 g/mol. The average molecular weight is 384 g/mol. The number of piperidine rings is 2. The molecule has 150 valence electrons. The number of imide groups is 1. The number of benzene rings is 1. The van der Waals surface area contributed by atoms with Crippen LogP contribution in [0.4, 0.5) is 0 Å². The summed E-state index contributed by atoms with van der Waals surface area (Å²) >= 11 is 0. The summed E-state index contributed by atoms with van der Waals surface area (Å²) in [5.41, 5.74) is 2.87. The van der Waals surface area contributed by atoms with E-state index in [1.165, 1.54) is 24.8 Å². The van der Waals surface area contributed by atoms with E-state index in [4.69, 9.17) is 0 Å². The van der Waals surface area contributed by atoms with Gasteiger partial charge in [0.05, 0.1) is 0 Å². The zero-order valence-corrected chi connectivity index (χ0v) is 16.4. The first-order valence-electron chi connectivity index (χ1n) is 10.2. The highest BCUT2D eigenvalue weighted by Gasteiger charge is 2.39. The van der Waals surface area contributed by atoms with Crippen molar-refractivity contribution in [1.82, 2.24) is 20.4 Å². The number of hydrogen-bond donors (Lipinski definition) is 2. The highest BCUT2D eigenvalue weighted by Crippen LogP contribution is 2.29. The molecule has 0 spiro atoms. The number of amides is 3. The van der Waals surface area contributed by atoms with Gasteiger partial charge < -0.3 is 10.2 Å². The summed E-state index contributed by atoms with van der Waals surface area (Å²) in [6.07, 6.45) is 4.41. The fraction of sp³-hybridized carbons (Fsp3) is 0.571. The maximum atomic E-state index is 12.8. The van der Waals surface area contributed by atoms with Crippen molar-refractivity contribution in [3.63, 3.8) is 0 Å². The first-order chi connectivity index (χ1) is 13.6. The van der Waals surface area contributed by atoms with Crippen molar-refractivity contribution >= 4 is 17.7 Å². The van der Waals surface area contributed by atoms with E-state index in [0.29, 0.717) is 24.6 Å². The smallest absolute Gasteiger partial charge is 0.255 e. The molecule has 3 heterocycles. The molecule has 7 heteroatoms. The maximum absolute atomic E-state index is 12.8. The summed E-state index contributed by atoms with van der Waals surface area (Å²) < 4.78 is 0. The second-order valence-corrected chi connectivity index (χ2v) is 8.07. The van der Waals surface area contributed by atoms with Crippen LogP contribution in [0.1, 0.15) is 53.6 Å². The number of likely N-dealkylation sites (N-methyl/N-ethyl adjacent to an activating group) is 1. The summed E-state index contributed by atoms with van der Waals surface area (Å²) in [6.45, 7) is 3.41. The van der Waals surface area contributed by atoms with Gasteiger partial charge in [0.1, 0.15) is 6.04 Å². The SMILES string of the molecule is CNC[C@H]1CCCCN1Cc1ccc2c(c1)CN(C1CCC(=O)NC1=O)C2=O. The first-order valence-corrected chi connectivity index (χ1v) is 10.2. The van der Waals surface area contributed by atoms with Crippen molar-refractivity contribution in [2.45, 2.75) is 57.3 Å². The van der Waals surface area contributed by atoms with Crippen LogP contribution >= 0.6 is 0 Å². The van der Waals surface area contributed by atoms with Crippen LogP contribution in [-0.2, 0) is 22.7 Å². The Hall–Kier alpha value is -2.25. The minimum atomic E-state index is -0.553. The number of carbonyl (C=O) groups is 3. The van der Waals surface area contributed by atoms with E-state index in [0.717, 1.165) is 25.2 Å². The molecule has 2 atom stereocenters. The topological polar surface area (TPSA) is 81.8 Å². The highest BCUT2D eigenvalue weighted by atomic mass is 16.2. The number of nitrogens with zero attached hydrogens (tertiary/aromatic N) is 2. The van der Waals surface area contributed by atoms with Crippen LogP contribution in [0, 0.1) is 0 Å². The molecule has 2 N–H and O–H groups in total. The van der Waals surface area contributed by atoms with Gasteiger partial charge in [0.15, 0.2) is 0 Å². The predicted molar refractivity (Wildman–Crippen MR) is 104 cm³/mol. The molecule has 28 heavy (non-hydrogen) atoms. The molecule has 3 aliphatic rings. The van der Waals surface area contributed by atoms with E-state index >= 15 is 0 Å². The highest BCUT2D eigenvalue weighted by molar-refractivity contribution is 6.05. The number of likely N-dealkylation sites (tertiary alicyclic amines) is 1. The quantitative estimate of drug-likeness (QED) is 0.741. The van der Waals surface area contributed by atoms with Crippen molar-refractivity contribution in [2.75, 3.05) is 20.1 Å². The molecule has 0 aliphatic carbocycles. The van der Waals surface area contributed by atoms with Gasteiger partial charge in [0.25, 0.3) is 5.91 Å². The Morgan fingerprint density at radius 3 is 2.82 bits per heavy atom. The Morgan fingerprint density at radius 1 is 1.18 bits per heavy atom. The van der Waals surface area contributed by atoms with Crippen LogP contribution < -0.4 is 10.6 Å². The van der Waals surface area contributed by atoms with Gasteiger partial charge in [-0.25, -0.2) is 0 Å². The lowest BCUT2D eigenvalue weighted by Crippen LogP contribution is -2.52. The van der Waals surface area contributed by atoms with Gasteiger partial charge >= 0.3 is 0 Å². The normalized spacial score (nSPS) is 25.8. The fourth-order valence-electron chi connectivity index (χ4n) is 4.70. The number of hydrogen-bond acceptors (Lipinski definition) is 5. The minimum Gasteiger partial charge on any atom is -0.322 e. The van der Waals surface area contributed by atoms with Crippen LogP contribution in [0.5, 0.6) is 0 Å². The third kappa shape index (κ3) is 3.69. The Labute approximate surface area is 165 Å². The van der Waals surface area contributed by atoms with Crippen molar-refractivity contribution in [3.05, 3.63) is 34.9 Å². The molecular formula is C21H28N4O3. The van der Waals surface area contributed by atoms with Crippen molar-refractivity contribution in [1.29, 1.82) is 0 Å². The Balaban J connectivity index is 1.48. The first kappa shape index (κ1) is 19.1. The summed E-state index contributed by atoms with van der Waals surface area (Å²) in [5.74, 6) is -0.728. The lowest BCUT2D eigenvalue weighted by molar-refractivity contribution is -0.136. The molecule has 0 aromatic heterocycles. The molecule has 1 aromatic carbocycles. The van der Waals surface area contributed by atoms with Crippen molar-refractivity contribution < 1.29 is 14.4 Å². The fourth-order valence-corrected chi connectivity index (χ4v) is 4.70. The molecule has 0 saturated carbocycles. The third-order valence-corrected chi connectivity index (χ3v) is 6.16. The van der Waals surface area contributed by atoms with Crippen LogP contribution in [0.2, 0.25) is 0 Å². The van der Waals surface area contributed by atoms with Crippen molar-refractivity contribution in [2.24, 2.45) is 0 Å². The van der Waals surface area contributed by atoms with Gasteiger partial charge in [-0.2, -0.15) is 0 Å². The van der Waals surface area contributed by atoms with Gasteiger partial charge in [-0.15, -0.1) is 0 Å². The molecule has 3 aliphatic heterocycles. The van der Waals surface area contributed by atoms with Gasteiger partial charge in [-0.05, 0) is 50.0 Å². The molecule has 7 nitrogen and oxygen atoms in total. The summed E-state index contributed by atoms with van der Waals surface area (Å²) in [4.78, 5) is 40.5. The Morgan fingerprint density at radius 2 is 2.04 bits per heavy atom. The van der Waals surface area contributed by atoms with Gasteiger partial charge in [-0.1, -0.05) is 18.6 Å².